The highest BCUT2D eigenvalue weighted by atomic mass is 35.5. The third-order valence-electron chi connectivity index (χ3n) is 2.40. The van der Waals surface area contributed by atoms with Gasteiger partial charge in [0.05, 0.1) is 11.7 Å². The van der Waals surface area contributed by atoms with Crippen LogP contribution >= 0.6 is 11.6 Å². The van der Waals surface area contributed by atoms with Crippen LogP contribution in [0, 0.1) is 0 Å². The van der Waals surface area contributed by atoms with Crippen molar-refractivity contribution in [1.29, 1.82) is 0 Å². The molecule has 1 aromatic carbocycles. The monoisotopic (exact) mass is 257 g/mol. The third kappa shape index (κ3) is 5.50. The Morgan fingerprint density at radius 1 is 1.29 bits per heavy atom. The van der Waals surface area contributed by atoms with E-state index in [0.29, 0.717) is 18.1 Å². The summed E-state index contributed by atoms with van der Waals surface area (Å²) in [6.07, 6.45) is -0.570. The lowest BCUT2D eigenvalue weighted by Gasteiger charge is -2.27. The molecule has 3 nitrogen and oxygen atoms in total. The van der Waals surface area contributed by atoms with Gasteiger partial charge < -0.3 is 15.1 Å². The first-order valence-electron chi connectivity index (χ1n) is 5.62. The summed E-state index contributed by atoms with van der Waals surface area (Å²) in [6, 6.07) is 7.14. The Labute approximate surface area is 108 Å². The molecule has 1 aromatic rings. The van der Waals surface area contributed by atoms with Gasteiger partial charge in [0, 0.05) is 18.1 Å². The van der Waals surface area contributed by atoms with Gasteiger partial charge in [-0.2, -0.15) is 0 Å². The fourth-order valence-electron chi connectivity index (χ4n) is 1.81. The molecule has 2 N–H and O–H groups in total. The highest BCUT2D eigenvalue weighted by Crippen LogP contribution is 2.17. The summed E-state index contributed by atoms with van der Waals surface area (Å²) in [5, 5.41) is 20.3. The minimum atomic E-state index is -0.755. The molecule has 17 heavy (non-hydrogen) atoms. The Balaban J connectivity index is 2.54. The van der Waals surface area contributed by atoms with E-state index in [9.17, 15) is 10.2 Å². The van der Waals surface area contributed by atoms with Crippen LogP contribution in [0.4, 0.5) is 0 Å². The van der Waals surface area contributed by atoms with Gasteiger partial charge in [-0.05, 0) is 38.6 Å². The normalized spacial score (nSPS) is 14.1. The van der Waals surface area contributed by atoms with Crippen molar-refractivity contribution >= 4 is 11.6 Å². The standard InChI is InChI=1S/C13H20ClNO2/c1-13(2,17)9-15(3)8-12(16)10-4-6-11(14)7-5-10/h4-7,12,16-17H,8-9H2,1-3H3. The lowest BCUT2D eigenvalue weighted by atomic mass is 10.1. The van der Waals surface area contributed by atoms with Gasteiger partial charge in [0.15, 0.2) is 0 Å². The SMILES string of the molecule is CN(CC(O)c1ccc(Cl)cc1)CC(C)(C)O. The molecule has 0 radical (unpaired) electrons. The minimum Gasteiger partial charge on any atom is -0.389 e. The van der Waals surface area contributed by atoms with E-state index in [2.05, 4.69) is 0 Å². The molecule has 0 saturated carbocycles. The first-order chi connectivity index (χ1) is 7.78. The molecule has 96 valence electrons. The molecule has 0 heterocycles. The largest absolute Gasteiger partial charge is 0.389 e. The van der Waals surface area contributed by atoms with Gasteiger partial charge in [-0.3, -0.25) is 0 Å². The molecule has 0 aliphatic rings. The van der Waals surface area contributed by atoms with Crippen molar-refractivity contribution < 1.29 is 10.2 Å². The lowest BCUT2D eigenvalue weighted by molar-refractivity contribution is 0.0284. The van der Waals surface area contributed by atoms with E-state index in [1.165, 1.54) is 0 Å². The Hall–Kier alpha value is -0.610. The molecule has 1 rings (SSSR count). The number of hydrogen-bond donors (Lipinski definition) is 2. The van der Waals surface area contributed by atoms with Crippen LogP contribution in [0.5, 0.6) is 0 Å². The lowest BCUT2D eigenvalue weighted by Crippen LogP contribution is -2.38. The van der Waals surface area contributed by atoms with E-state index in [0.717, 1.165) is 5.56 Å². The fraction of sp³-hybridized carbons (Fsp3) is 0.538. The van der Waals surface area contributed by atoms with Crippen LogP contribution in [0.25, 0.3) is 0 Å². The Kier molecular flexibility index (Phi) is 4.95. The van der Waals surface area contributed by atoms with Crippen molar-refractivity contribution in [3.8, 4) is 0 Å². The number of benzene rings is 1. The van der Waals surface area contributed by atoms with E-state index < -0.39 is 11.7 Å². The summed E-state index contributed by atoms with van der Waals surface area (Å²) >= 11 is 5.78. The molecule has 0 spiro atoms. The van der Waals surface area contributed by atoms with Gasteiger partial charge in [-0.25, -0.2) is 0 Å². The maximum absolute atomic E-state index is 10.0. The summed E-state index contributed by atoms with van der Waals surface area (Å²) in [5.41, 5.74) is 0.0751. The molecular weight excluding hydrogens is 238 g/mol. The molecule has 1 atom stereocenters. The summed E-state index contributed by atoms with van der Waals surface area (Å²) in [5.74, 6) is 0. The highest BCUT2D eigenvalue weighted by Gasteiger charge is 2.18. The minimum absolute atomic E-state index is 0.478. The summed E-state index contributed by atoms with van der Waals surface area (Å²) in [4.78, 5) is 1.90. The van der Waals surface area contributed by atoms with Crippen molar-refractivity contribution in [3.63, 3.8) is 0 Å². The molecule has 0 aromatic heterocycles. The smallest absolute Gasteiger partial charge is 0.0916 e. The number of aliphatic hydroxyl groups is 2. The number of rotatable bonds is 5. The molecular formula is C13H20ClNO2. The van der Waals surface area contributed by atoms with Crippen LogP contribution in [0.3, 0.4) is 0 Å². The van der Waals surface area contributed by atoms with Gasteiger partial charge >= 0.3 is 0 Å². The van der Waals surface area contributed by atoms with Crippen LogP contribution in [0.1, 0.15) is 25.5 Å². The summed E-state index contributed by atoms with van der Waals surface area (Å²) in [7, 11) is 1.87. The van der Waals surface area contributed by atoms with Crippen molar-refractivity contribution in [2.24, 2.45) is 0 Å². The second-order valence-electron chi connectivity index (χ2n) is 5.08. The average molecular weight is 258 g/mol. The number of nitrogens with zero attached hydrogens (tertiary/aromatic N) is 1. The highest BCUT2D eigenvalue weighted by molar-refractivity contribution is 6.30. The molecule has 0 fully saturated rings. The first-order valence-corrected chi connectivity index (χ1v) is 6.00. The Bertz CT molecular complexity index is 345. The molecule has 0 aliphatic carbocycles. The Morgan fingerprint density at radius 2 is 1.82 bits per heavy atom. The van der Waals surface area contributed by atoms with Gasteiger partial charge in [-0.1, -0.05) is 23.7 Å². The maximum Gasteiger partial charge on any atom is 0.0916 e. The van der Waals surface area contributed by atoms with E-state index in [1.54, 1.807) is 26.0 Å². The second-order valence-corrected chi connectivity index (χ2v) is 5.51. The van der Waals surface area contributed by atoms with E-state index in [4.69, 9.17) is 11.6 Å². The maximum atomic E-state index is 10.0. The van der Waals surface area contributed by atoms with Crippen molar-refractivity contribution in [2.45, 2.75) is 25.6 Å². The summed E-state index contributed by atoms with van der Waals surface area (Å²) in [6.45, 7) is 4.49. The van der Waals surface area contributed by atoms with E-state index in [-0.39, 0.29) is 0 Å². The predicted molar refractivity (Wildman–Crippen MR) is 70.2 cm³/mol. The second kappa shape index (κ2) is 5.83. The summed E-state index contributed by atoms with van der Waals surface area (Å²) < 4.78 is 0. The number of likely N-dealkylation sites (N-methyl/N-ethyl adjacent to an activating group) is 1. The number of halogens is 1. The van der Waals surface area contributed by atoms with Crippen molar-refractivity contribution in [2.75, 3.05) is 20.1 Å². The van der Waals surface area contributed by atoms with E-state index in [1.807, 2.05) is 24.1 Å². The van der Waals surface area contributed by atoms with E-state index >= 15 is 0 Å². The molecule has 0 amide bonds. The molecule has 1 unspecified atom stereocenters. The quantitative estimate of drug-likeness (QED) is 0.849. The van der Waals surface area contributed by atoms with Crippen molar-refractivity contribution in [1.82, 2.24) is 4.90 Å². The Morgan fingerprint density at radius 3 is 2.29 bits per heavy atom. The van der Waals surface area contributed by atoms with Crippen LogP contribution < -0.4 is 0 Å². The molecule has 0 aliphatic heterocycles. The van der Waals surface area contributed by atoms with Crippen LogP contribution in [0.15, 0.2) is 24.3 Å². The van der Waals surface area contributed by atoms with Gasteiger partial charge in [0.25, 0.3) is 0 Å². The molecule has 0 bridgehead atoms. The first kappa shape index (κ1) is 14.5. The zero-order valence-electron chi connectivity index (χ0n) is 10.5. The molecule has 0 saturated heterocycles. The van der Waals surface area contributed by atoms with Gasteiger partial charge in [0.1, 0.15) is 0 Å². The van der Waals surface area contributed by atoms with Gasteiger partial charge in [-0.15, -0.1) is 0 Å². The average Bonchev–Trinajstić information content (AvgIpc) is 2.15. The third-order valence-corrected chi connectivity index (χ3v) is 2.65. The fourth-order valence-corrected chi connectivity index (χ4v) is 1.94. The van der Waals surface area contributed by atoms with Crippen LogP contribution in [0.2, 0.25) is 5.02 Å². The van der Waals surface area contributed by atoms with Crippen molar-refractivity contribution in [3.05, 3.63) is 34.9 Å². The van der Waals surface area contributed by atoms with Crippen LogP contribution in [-0.2, 0) is 0 Å². The molecule has 4 heteroatoms. The topological polar surface area (TPSA) is 43.7 Å². The van der Waals surface area contributed by atoms with Gasteiger partial charge in [0.2, 0.25) is 0 Å². The van der Waals surface area contributed by atoms with Crippen LogP contribution in [-0.4, -0.2) is 40.9 Å². The number of hydrogen-bond acceptors (Lipinski definition) is 3. The zero-order valence-corrected chi connectivity index (χ0v) is 11.3. The number of aliphatic hydroxyl groups excluding tert-OH is 1. The zero-order chi connectivity index (χ0) is 13.1. The predicted octanol–water partition coefficient (Wildman–Crippen LogP) is 2.08.